The van der Waals surface area contributed by atoms with Gasteiger partial charge in [0.25, 0.3) is 5.91 Å². The van der Waals surface area contributed by atoms with Gasteiger partial charge in [0.1, 0.15) is 12.6 Å². The van der Waals surface area contributed by atoms with Gasteiger partial charge in [0.05, 0.1) is 6.42 Å². The van der Waals surface area contributed by atoms with Crippen molar-refractivity contribution in [1.82, 2.24) is 5.32 Å². The Labute approximate surface area is 165 Å². The highest BCUT2D eigenvalue weighted by Crippen LogP contribution is 2.22. The number of esters is 1. The predicted octanol–water partition coefficient (Wildman–Crippen LogP) is 2.70. The maximum absolute atomic E-state index is 12.4. The van der Waals surface area contributed by atoms with Gasteiger partial charge in [-0.3, -0.25) is 14.4 Å². The number of primary amides is 1. The number of nitrogens with one attached hydrogen (secondary N) is 1. The van der Waals surface area contributed by atoms with Crippen LogP contribution >= 0.6 is 0 Å². The van der Waals surface area contributed by atoms with E-state index in [1.807, 2.05) is 42.5 Å². The van der Waals surface area contributed by atoms with Crippen LogP contribution in [0.3, 0.4) is 0 Å². The summed E-state index contributed by atoms with van der Waals surface area (Å²) in [7, 11) is 0. The van der Waals surface area contributed by atoms with Crippen molar-refractivity contribution >= 4 is 17.8 Å². The van der Waals surface area contributed by atoms with Crippen LogP contribution < -0.4 is 11.1 Å². The van der Waals surface area contributed by atoms with Crippen molar-refractivity contribution in [2.45, 2.75) is 45.3 Å². The van der Waals surface area contributed by atoms with Crippen molar-refractivity contribution < 1.29 is 19.1 Å². The predicted molar refractivity (Wildman–Crippen MR) is 106 cm³/mol. The molecule has 2 amide bonds. The van der Waals surface area contributed by atoms with E-state index in [0.717, 1.165) is 11.1 Å². The fourth-order valence-electron chi connectivity index (χ4n) is 2.55. The van der Waals surface area contributed by atoms with E-state index < -0.39 is 23.8 Å². The molecule has 2 aromatic rings. The second kappa shape index (κ2) is 9.17. The second-order valence-corrected chi connectivity index (χ2v) is 7.61. The Morgan fingerprint density at radius 3 is 2.14 bits per heavy atom. The van der Waals surface area contributed by atoms with E-state index in [9.17, 15) is 14.4 Å². The Morgan fingerprint density at radius 2 is 1.61 bits per heavy atom. The van der Waals surface area contributed by atoms with Crippen LogP contribution in [0.25, 0.3) is 0 Å². The first-order valence-corrected chi connectivity index (χ1v) is 9.07. The summed E-state index contributed by atoms with van der Waals surface area (Å²) in [6, 6.07) is 15.1. The van der Waals surface area contributed by atoms with Crippen molar-refractivity contribution in [2.24, 2.45) is 5.73 Å². The number of hydrogen-bond acceptors (Lipinski definition) is 4. The molecule has 0 unspecified atom stereocenters. The quantitative estimate of drug-likeness (QED) is 0.719. The first-order chi connectivity index (χ1) is 13.2. The summed E-state index contributed by atoms with van der Waals surface area (Å²) in [4.78, 5) is 36.1. The SMILES string of the molecule is CC(C)(C)c1ccc(C(=O)N[C@@H](CC(=O)OCc2ccccc2)C(N)=O)cc1. The maximum atomic E-state index is 12.4. The van der Waals surface area contributed by atoms with Gasteiger partial charge in [-0.1, -0.05) is 63.2 Å². The molecule has 0 aliphatic carbocycles. The summed E-state index contributed by atoms with van der Waals surface area (Å²) < 4.78 is 5.15. The molecule has 0 saturated heterocycles. The van der Waals surface area contributed by atoms with Crippen molar-refractivity contribution in [3.8, 4) is 0 Å². The van der Waals surface area contributed by atoms with Gasteiger partial charge < -0.3 is 15.8 Å². The first kappa shape index (κ1) is 21.2. The largest absolute Gasteiger partial charge is 0.461 e. The Bertz CT molecular complexity index is 824. The molecular weight excluding hydrogens is 356 g/mol. The standard InChI is InChI=1S/C22H26N2O4/c1-22(2,3)17-11-9-16(10-12-17)21(27)24-18(20(23)26)13-19(25)28-14-15-7-5-4-6-8-15/h4-12,18H,13-14H2,1-3H3,(H2,23,26)(H,24,27)/t18-/m0/s1. The van der Waals surface area contributed by atoms with Crippen LogP contribution in [0.15, 0.2) is 54.6 Å². The van der Waals surface area contributed by atoms with E-state index in [4.69, 9.17) is 10.5 Å². The van der Waals surface area contributed by atoms with Gasteiger partial charge in [-0.2, -0.15) is 0 Å². The molecule has 2 aromatic carbocycles. The molecule has 0 bridgehead atoms. The highest BCUT2D eigenvalue weighted by Gasteiger charge is 2.23. The molecule has 2 rings (SSSR count). The topological polar surface area (TPSA) is 98.5 Å². The lowest BCUT2D eigenvalue weighted by atomic mass is 9.86. The number of ether oxygens (including phenoxy) is 1. The Hall–Kier alpha value is -3.15. The van der Waals surface area contributed by atoms with Gasteiger partial charge >= 0.3 is 5.97 Å². The number of amides is 2. The summed E-state index contributed by atoms with van der Waals surface area (Å²) in [5.74, 6) is -1.88. The number of rotatable bonds is 7. The number of nitrogens with two attached hydrogens (primary N) is 1. The zero-order valence-corrected chi connectivity index (χ0v) is 16.4. The molecule has 28 heavy (non-hydrogen) atoms. The van der Waals surface area contributed by atoms with Crippen LogP contribution in [-0.2, 0) is 26.3 Å². The molecular formula is C22H26N2O4. The molecule has 0 spiro atoms. The van der Waals surface area contributed by atoms with E-state index in [1.54, 1.807) is 12.1 Å². The molecule has 0 heterocycles. The highest BCUT2D eigenvalue weighted by molar-refractivity contribution is 5.98. The molecule has 6 heteroatoms. The fraction of sp³-hybridized carbons (Fsp3) is 0.318. The monoisotopic (exact) mass is 382 g/mol. The van der Waals surface area contributed by atoms with Gasteiger partial charge in [0.2, 0.25) is 5.91 Å². The third-order valence-corrected chi connectivity index (χ3v) is 4.28. The lowest BCUT2D eigenvalue weighted by Gasteiger charge is -2.19. The lowest BCUT2D eigenvalue weighted by Crippen LogP contribution is -2.45. The third-order valence-electron chi connectivity index (χ3n) is 4.28. The third kappa shape index (κ3) is 6.23. The maximum Gasteiger partial charge on any atom is 0.308 e. The van der Waals surface area contributed by atoms with Crippen molar-refractivity contribution in [3.05, 3.63) is 71.3 Å². The molecule has 1 atom stereocenters. The number of carbonyl (C=O) groups is 3. The molecule has 0 fully saturated rings. The normalized spacial score (nSPS) is 12.1. The average molecular weight is 382 g/mol. The average Bonchev–Trinajstić information content (AvgIpc) is 2.66. The fourth-order valence-corrected chi connectivity index (χ4v) is 2.55. The van der Waals surface area contributed by atoms with E-state index in [0.29, 0.717) is 5.56 Å². The van der Waals surface area contributed by atoms with Crippen LogP contribution in [0.4, 0.5) is 0 Å². The smallest absolute Gasteiger partial charge is 0.308 e. The summed E-state index contributed by atoms with van der Waals surface area (Å²) in [5.41, 5.74) is 7.60. The summed E-state index contributed by atoms with van der Waals surface area (Å²) in [6.45, 7) is 6.32. The highest BCUT2D eigenvalue weighted by atomic mass is 16.5. The minimum absolute atomic E-state index is 0.0344. The van der Waals surface area contributed by atoms with E-state index in [-0.39, 0.29) is 18.4 Å². The molecule has 0 aliphatic rings. The van der Waals surface area contributed by atoms with E-state index in [1.165, 1.54) is 0 Å². The minimum atomic E-state index is -1.14. The van der Waals surface area contributed by atoms with Crippen LogP contribution in [-0.4, -0.2) is 23.8 Å². The van der Waals surface area contributed by atoms with Crippen molar-refractivity contribution in [3.63, 3.8) is 0 Å². The second-order valence-electron chi connectivity index (χ2n) is 7.61. The molecule has 0 radical (unpaired) electrons. The van der Waals surface area contributed by atoms with Crippen molar-refractivity contribution in [1.29, 1.82) is 0 Å². The van der Waals surface area contributed by atoms with Crippen LogP contribution in [0.5, 0.6) is 0 Å². The molecule has 0 aromatic heterocycles. The summed E-state index contributed by atoms with van der Waals surface area (Å²) in [6.07, 6.45) is -0.325. The molecule has 148 valence electrons. The van der Waals surface area contributed by atoms with Gasteiger partial charge in [-0.05, 0) is 28.7 Å². The Balaban J connectivity index is 1.95. The summed E-state index contributed by atoms with van der Waals surface area (Å²) >= 11 is 0. The molecule has 3 N–H and O–H groups in total. The van der Waals surface area contributed by atoms with Gasteiger partial charge in [0.15, 0.2) is 0 Å². The van der Waals surface area contributed by atoms with Crippen LogP contribution in [0.1, 0.15) is 48.7 Å². The zero-order valence-electron chi connectivity index (χ0n) is 16.4. The van der Waals surface area contributed by atoms with Gasteiger partial charge in [-0.15, -0.1) is 0 Å². The van der Waals surface area contributed by atoms with Gasteiger partial charge in [0, 0.05) is 5.56 Å². The Morgan fingerprint density at radius 1 is 1.00 bits per heavy atom. The molecule has 0 aliphatic heterocycles. The van der Waals surface area contributed by atoms with E-state index >= 15 is 0 Å². The number of benzene rings is 2. The van der Waals surface area contributed by atoms with Crippen LogP contribution in [0, 0.1) is 0 Å². The summed E-state index contributed by atoms with van der Waals surface area (Å²) in [5, 5.41) is 2.51. The minimum Gasteiger partial charge on any atom is -0.461 e. The van der Waals surface area contributed by atoms with Gasteiger partial charge in [-0.25, -0.2) is 0 Å². The molecule has 6 nitrogen and oxygen atoms in total. The number of carbonyl (C=O) groups excluding carboxylic acids is 3. The Kier molecular flexibility index (Phi) is 6.93. The zero-order chi connectivity index (χ0) is 20.7. The molecule has 0 saturated carbocycles. The van der Waals surface area contributed by atoms with Crippen LogP contribution in [0.2, 0.25) is 0 Å². The van der Waals surface area contributed by atoms with Crippen molar-refractivity contribution in [2.75, 3.05) is 0 Å². The van der Waals surface area contributed by atoms with E-state index in [2.05, 4.69) is 26.1 Å². The number of hydrogen-bond donors (Lipinski definition) is 2. The lowest BCUT2D eigenvalue weighted by molar-refractivity contribution is -0.146. The first-order valence-electron chi connectivity index (χ1n) is 9.07.